The van der Waals surface area contributed by atoms with E-state index in [1.54, 1.807) is 6.92 Å². The number of nitrogens with two attached hydrogens (primary N) is 1. The van der Waals surface area contributed by atoms with Crippen LogP contribution >= 0.6 is 0 Å². The van der Waals surface area contributed by atoms with E-state index in [0.29, 0.717) is 17.8 Å². The molecule has 17 heavy (non-hydrogen) atoms. The molecule has 94 valence electrons. The van der Waals surface area contributed by atoms with Crippen LogP contribution in [0, 0.1) is 12.7 Å². The molecule has 0 aliphatic rings. The van der Waals surface area contributed by atoms with E-state index in [1.165, 1.54) is 12.1 Å². The molecule has 0 unspecified atom stereocenters. The van der Waals surface area contributed by atoms with Crippen molar-refractivity contribution < 1.29 is 9.18 Å². The molecular weight excluding hydrogens is 219 g/mol. The van der Waals surface area contributed by atoms with Crippen LogP contribution in [-0.2, 0) is 0 Å². The third kappa shape index (κ3) is 3.73. The van der Waals surface area contributed by atoms with Crippen molar-refractivity contribution in [2.24, 2.45) is 0 Å². The maximum Gasteiger partial charge on any atom is 0.254 e. The van der Waals surface area contributed by atoms with Crippen molar-refractivity contribution in [2.75, 3.05) is 12.3 Å². The number of rotatable bonds is 5. The number of halogens is 1. The van der Waals surface area contributed by atoms with Gasteiger partial charge in [-0.3, -0.25) is 4.79 Å². The number of benzene rings is 1. The lowest BCUT2D eigenvalue weighted by molar-refractivity contribution is 0.0949. The van der Waals surface area contributed by atoms with Crippen molar-refractivity contribution >= 4 is 11.6 Å². The number of nitrogens with one attached hydrogen (secondary N) is 1. The molecule has 1 aromatic carbocycles. The summed E-state index contributed by atoms with van der Waals surface area (Å²) >= 11 is 0. The predicted octanol–water partition coefficient (Wildman–Crippen LogP) is 2.64. The van der Waals surface area contributed by atoms with Gasteiger partial charge in [-0.2, -0.15) is 0 Å². The highest BCUT2D eigenvalue weighted by atomic mass is 19.1. The van der Waals surface area contributed by atoms with Crippen LogP contribution in [0.25, 0.3) is 0 Å². The molecule has 0 aliphatic carbocycles. The number of carbonyl (C=O) groups is 1. The number of aryl methyl sites for hydroxylation is 1. The van der Waals surface area contributed by atoms with Gasteiger partial charge in [0.05, 0.1) is 5.56 Å². The fourth-order valence-electron chi connectivity index (χ4n) is 1.63. The lowest BCUT2D eigenvalue weighted by atomic mass is 10.1. The minimum absolute atomic E-state index is 0.0269. The van der Waals surface area contributed by atoms with E-state index in [4.69, 9.17) is 5.73 Å². The molecule has 0 saturated heterocycles. The highest BCUT2D eigenvalue weighted by molar-refractivity contribution is 5.95. The summed E-state index contributed by atoms with van der Waals surface area (Å²) in [7, 11) is 0. The number of nitrogen functional groups attached to an aromatic ring is 1. The van der Waals surface area contributed by atoms with Gasteiger partial charge in [0.2, 0.25) is 0 Å². The number of amides is 1. The van der Waals surface area contributed by atoms with Crippen LogP contribution in [0.5, 0.6) is 0 Å². The summed E-state index contributed by atoms with van der Waals surface area (Å²) in [5, 5.41) is 2.69. The molecule has 1 amide bonds. The lowest BCUT2D eigenvalue weighted by Crippen LogP contribution is -2.25. The van der Waals surface area contributed by atoms with Crippen molar-refractivity contribution in [2.45, 2.75) is 33.1 Å². The maximum absolute atomic E-state index is 13.7. The molecule has 3 nitrogen and oxygen atoms in total. The summed E-state index contributed by atoms with van der Waals surface area (Å²) in [6.45, 7) is 4.25. The van der Waals surface area contributed by atoms with Crippen LogP contribution in [0.4, 0.5) is 10.1 Å². The predicted molar refractivity (Wildman–Crippen MR) is 67.4 cm³/mol. The van der Waals surface area contributed by atoms with Gasteiger partial charge in [-0.25, -0.2) is 4.39 Å². The standard InChI is InChI=1S/C13H19FN2O/c1-3-4-5-6-16-13(17)11-8-10(15)7-9(2)12(11)14/h7-8H,3-6,15H2,1-2H3,(H,16,17). The molecule has 4 heteroatoms. The average molecular weight is 238 g/mol. The van der Waals surface area contributed by atoms with Gasteiger partial charge in [0.15, 0.2) is 0 Å². The fraction of sp³-hybridized carbons (Fsp3) is 0.462. The number of carbonyl (C=O) groups excluding carboxylic acids is 1. The summed E-state index contributed by atoms with van der Waals surface area (Å²) in [5.41, 5.74) is 6.42. The highest BCUT2D eigenvalue weighted by Crippen LogP contribution is 2.16. The average Bonchev–Trinajstić information content (AvgIpc) is 2.29. The number of anilines is 1. The first-order valence-electron chi connectivity index (χ1n) is 5.90. The Balaban J connectivity index is 2.69. The van der Waals surface area contributed by atoms with E-state index in [1.807, 2.05) is 0 Å². The van der Waals surface area contributed by atoms with Crippen LogP contribution in [0.3, 0.4) is 0 Å². The van der Waals surface area contributed by atoms with Crippen LogP contribution in [0.2, 0.25) is 0 Å². The van der Waals surface area contributed by atoms with Gasteiger partial charge < -0.3 is 11.1 Å². The third-order valence-electron chi connectivity index (χ3n) is 2.59. The molecule has 1 rings (SSSR count). The fourth-order valence-corrected chi connectivity index (χ4v) is 1.63. The zero-order valence-corrected chi connectivity index (χ0v) is 10.3. The van der Waals surface area contributed by atoms with Gasteiger partial charge >= 0.3 is 0 Å². The van der Waals surface area contributed by atoms with E-state index in [9.17, 15) is 9.18 Å². The van der Waals surface area contributed by atoms with E-state index in [2.05, 4.69) is 12.2 Å². The Bertz CT molecular complexity index is 405. The maximum atomic E-state index is 13.7. The number of unbranched alkanes of at least 4 members (excludes halogenated alkanes) is 2. The Morgan fingerprint density at radius 1 is 1.41 bits per heavy atom. The van der Waals surface area contributed by atoms with Gasteiger partial charge in [0.1, 0.15) is 5.82 Å². The number of hydrogen-bond acceptors (Lipinski definition) is 2. The van der Waals surface area contributed by atoms with Crippen LogP contribution < -0.4 is 11.1 Å². The van der Waals surface area contributed by atoms with Gasteiger partial charge in [0.25, 0.3) is 5.91 Å². The molecule has 0 radical (unpaired) electrons. The molecule has 0 heterocycles. The van der Waals surface area contributed by atoms with Crippen LogP contribution in [-0.4, -0.2) is 12.5 Å². The molecular formula is C13H19FN2O. The van der Waals surface area contributed by atoms with Crippen molar-refractivity contribution in [1.29, 1.82) is 0 Å². The topological polar surface area (TPSA) is 55.1 Å². The summed E-state index contributed by atoms with van der Waals surface area (Å²) in [6.07, 6.45) is 3.05. The third-order valence-corrected chi connectivity index (χ3v) is 2.59. The number of hydrogen-bond donors (Lipinski definition) is 2. The molecule has 1 aromatic rings. The first-order chi connectivity index (χ1) is 8.06. The monoisotopic (exact) mass is 238 g/mol. The molecule has 3 N–H and O–H groups in total. The molecule has 0 aliphatic heterocycles. The zero-order chi connectivity index (χ0) is 12.8. The SMILES string of the molecule is CCCCCNC(=O)c1cc(N)cc(C)c1F. The zero-order valence-electron chi connectivity index (χ0n) is 10.3. The summed E-state index contributed by atoms with van der Waals surface area (Å²) < 4.78 is 13.7. The Morgan fingerprint density at radius 2 is 2.12 bits per heavy atom. The second-order valence-corrected chi connectivity index (χ2v) is 4.16. The van der Waals surface area contributed by atoms with E-state index in [-0.39, 0.29) is 5.56 Å². The normalized spacial score (nSPS) is 10.3. The Hall–Kier alpha value is -1.58. The van der Waals surface area contributed by atoms with E-state index < -0.39 is 11.7 Å². The van der Waals surface area contributed by atoms with Crippen molar-refractivity contribution in [3.8, 4) is 0 Å². The molecule has 0 bridgehead atoms. The smallest absolute Gasteiger partial charge is 0.254 e. The van der Waals surface area contributed by atoms with Crippen molar-refractivity contribution in [1.82, 2.24) is 5.32 Å². The van der Waals surface area contributed by atoms with E-state index >= 15 is 0 Å². The quantitative estimate of drug-likeness (QED) is 0.612. The van der Waals surface area contributed by atoms with E-state index in [0.717, 1.165) is 19.3 Å². The Labute approximate surface area is 101 Å². The Kier molecular flexibility index (Phi) is 4.94. The molecule has 0 aromatic heterocycles. The summed E-state index contributed by atoms with van der Waals surface area (Å²) in [4.78, 5) is 11.7. The Morgan fingerprint density at radius 3 is 2.76 bits per heavy atom. The minimum atomic E-state index is -0.493. The van der Waals surface area contributed by atoms with Crippen molar-refractivity contribution in [3.05, 3.63) is 29.1 Å². The van der Waals surface area contributed by atoms with Gasteiger partial charge in [0, 0.05) is 12.2 Å². The highest BCUT2D eigenvalue weighted by Gasteiger charge is 2.13. The van der Waals surface area contributed by atoms with Gasteiger partial charge in [-0.1, -0.05) is 19.8 Å². The second-order valence-electron chi connectivity index (χ2n) is 4.16. The van der Waals surface area contributed by atoms with Crippen LogP contribution in [0.1, 0.15) is 42.1 Å². The molecule has 0 fully saturated rings. The first-order valence-corrected chi connectivity index (χ1v) is 5.90. The van der Waals surface area contributed by atoms with Gasteiger partial charge in [-0.15, -0.1) is 0 Å². The lowest BCUT2D eigenvalue weighted by Gasteiger charge is -2.08. The minimum Gasteiger partial charge on any atom is -0.399 e. The largest absolute Gasteiger partial charge is 0.399 e. The molecule has 0 spiro atoms. The summed E-state index contributed by atoms with van der Waals surface area (Å²) in [5.74, 6) is -0.888. The second kappa shape index (κ2) is 6.23. The first kappa shape index (κ1) is 13.5. The molecule has 0 atom stereocenters. The summed E-state index contributed by atoms with van der Waals surface area (Å²) in [6, 6.07) is 2.89. The van der Waals surface area contributed by atoms with Crippen LogP contribution in [0.15, 0.2) is 12.1 Å². The molecule has 0 saturated carbocycles. The van der Waals surface area contributed by atoms with Gasteiger partial charge in [-0.05, 0) is 31.0 Å². The van der Waals surface area contributed by atoms with Crippen molar-refractivity contribution in [3.63, 3.8) is 0 Å².